The van der Waals surface area contributed by atoms with Crippen molar-refractivity contribution < 1.29 is 55.2 Å². The first kappa shape index (κ1) is 55.6. The van der Waals surface area contributed by atoms with E-state index in [0.717, 1.165) is 13.0 Å². The molecule has 1 atom stereocenters. The SMILES string of the molecule is C.C.COCCC(=O)OC.COCCC(C)=O.COCCC(C)=[N+](C)C.COCCS(C)(=O)=O.COCCS(C)=O. The summed E-state index contributed by atoms with van der Waals surface area (Å²) in [6.07, 6.45) is 4.76. The molecule has 0 N–H and O–H groups in total. The van der Waals surface area contributed by atoms with E-state index >= 15 is 0 Å². The zero-order valence-corrected chi connectivity index (χ0v) is 28.0. The maximum Gasteiger partial charge on any atom is 0.307 e. The van der Waals surface area contributed by atoms with Crippen molar-refractivity contribution in [2.45, 2.75) is 48.0 Å². The highest BCUT2D eigenvalue weighted by Crippen LogP contribution is 1.84. The van der Waals surface area contributed by atoms with Crippen molar-refractivity contribution in [2.75, 3.05) is 114 Å². The number of methoxy groups -OCH3 is 6. The molecule has 0 aromatic carbocycles. The molecule has 0 bridgehead atoms. The van der Waals surface area contributed by atoms with Gasteiger partial charge < -0.3 is 28.4 Å². The molecule has 12 nitrogen and oxygen atoms in total. The minimum atomic E-state index is -2.81. The number of Topliss-reactive ketones (excluding diaryl/α,β-unsaturated/α-hetero) is 1. The van der Waals surface area contributed by atoms with Gasteiger partial charge in [-0.1, -0.05) is 14.9 Å². The van der Waals surface area contributed by atoms with E-state index in [1.54, 1.807) is 41.6 Å². The van der Waals surface area contributed by atoms with Crippen LogP contribution in [0.3, 0.4) is 0 Å². The van der Waals surface area contributed by atoms with Crippen molar-refractivity contribution >= 4 is 38.1 Å². The third-order valence-electron chi connectivity index (χ3n) is 4.06. The highest BCUT2D eigenvalue weighted by atomic mass is 32.2. The van der Waals surface area contributed by atoms with Crippen LogP contribution in [0.25, 0.3) is 0 Å². The van der Waals surface area contributed by atoms with Crippen molar-refractivity contribution in [2.24, 2.45) is 0 Å². The molecule has 0 aromatic rings. The van der Waals surface area contributed by atoms with Crippen LogP contribution in [0.2, 0.25) is 0 Å². The number of ketones is 1. The van der Waals surface area contributed by atoms with Crippen molar-refractivity contribution in [1.82, 2.24) is 0 Å². The molecule has 0 spiro atoms. The highest BCUT2D eigenvalue weighted by Gasteiger charge is 1.98. The number of hydrogen-bond acceptors (Lipinski definition) is 11. The average Bonchev–Trinajstić information content (AvgIpc) is 2.87. The second-order valence-corrected chi connectivity index (χ2v) is 11.8. The summed E-state index contributed by atoms with van der Waals surface area (Å²) in [5.41, 5.74) is 1.36. The molecule has 0 heterocycles. The van der Waals surface area contributed by atoms with E-state index in [1.807, 2.05) is 14.1 Å². The van der Waals surface area contributed by atoms with Gasteiger partial charge in [0, 0.05) is 78.0 Å². The van der Waals surface area contributed by atoms with Crippen LogP contribution < -0.4 is 0 Å². The first-order valence-corrected chi connectivity index (χ1v) is 15.9. The second-order valence-electron chi connectivity index (χ2n) is 8.03. The van der Waals surface area contributed by atoms with E-state index in [0.29, 0.717) is 45.0 Å². The van der Waals surface area contributed by atoms with Gasteiger partial charge in [0.1, 0.15) is 29.7 Å². The Morgan fingerprint density at radius 1 is 0.707 bits per heavy atom. The molecule has 41 heavy (non-hydrogen) atoms. The Kier molecular flexibility index (Phi) is 58.6. The van der Waals surface area contributed by atoms with E-state index in [4.69, 9.17) is 4.74 Å². The van der Waals surface area contributed by atoms with Gasteiger partial charge in [-0.25, -0.2) is 13.0 Å². The van der Waals surface area contributed by atoms with Gasteiger partial charge in [-0.05, 0) is 6.92 Å². The van der Waals surface area contributed by atoms with Gasteiger partial charge in [0.2, 0.25) is 0 Å². The third-order valence-corrected chi connectivity index (χ3v) is 5.71. The largest absolute Gasteiger partial charge is 0.469 e. The summed E-state index contributed by atoms with van der Waals surface area (Å²) in [6, 6.07) is 0. The molecule has 0 aliphatic heterocycles. The molecular formula is C27H64NO11S2+. The molecule has 0 saturated carbocycles. The summed E-state index contributed by atoms with van der Waals surface area (Å²) in [5.74, 6) is 0.716. The van der Waals surface area contributed by atoms with Gasteiger partial charge in [-0.2, -0.15) is 0 Å². The van der Waals surface area contributed by atoms with Crippen LogP contribution in [0.5, 0.6) is 0 Å². The smallest absolute Gasteiger partial charge is 0.307 e. The number of ether oxygens (including phenoxy) is 6. The number of rotatable bonds is 15. The van der Waals surface area contributed by atoms with Crippen molar-refractivity contribution in [3.8, 4) is 0 Å². The van der Waals surface area contributed by atoms with Gasteiger partial charge in [-0.15, -0.1) is 0 Å². The number of hydrogen-bond donors (Lipinski definition) is 0. The molecule has 0 saturated heterocycles. The van der Waals surface area contributed by atoms with Crippen molar-refractivity contribution in [3.05, 3.63) is 0 Å². The fourth-order valence-electron chi connectivity index (χ4n) is 1.44. The third kappa shape index (κ3) is 78.9. The molecule has 0 aliphatic rings. The topological polar surface area (TPSA) is 144 Å². The average molecular weight is 643 g/mol. The maximum atomic E-state index is 10.3. The summed E-state index contributed by atoms with van der Waals surface area (Å²) in [5, 5.41) is 0. The van der Waals surface area contributed by atoms with Crippen LogP contribution in [-0.4, -0.2) is 148 Å². The van der Waals surface area contributed by atoms with Gasteiger partial charge in [0.25, 0.3) is 0 Å². The molecule has 254 valence electrons. The van der Waals surface area contributed by atoms with E-state index < -0.39 is 20.6 Å². The molecule has 0 aliphatic carbocycles. The fourth-order valence-corrected chi connectivity index (χ4v) is 2.31. The van der Waals surface area contributed by atoms with Crippen LogP contribution in [0, 0.1) is 0 Å². The van der Waals surface area contributed by atoms with E-state index in [2.05, 4.69) is 35.2 Å². The summed E-state index contributed by atoms with van der Waals surface area (Å²) >= 11 is 0. The lowest BCUT2D eigenvalue weighted by molar-refractivity contribution is -0.466. The molecular weight excluding hydrogens is 578 g/mol. The number of esters is 1. The van der Waals surface area contributed by atoms with Crippen LogP contribution in [0.1, 0.15) is 48.0 Å². The van der Waals surface area contributed by atoms with E-state index in [-0.39, 0.29) is 32.4 Å². The lowest BCUT2D eigenvalue weighted by Gasteiger charge is -1.95. The normalized spacial score (nSPS) is 9.95. The first-order valence-electron chi connectivity index (χ1n) is 12.1. The number of nitrogens with zero attached hydrogens (tertiary/aromatic N) is 1. The van der Waals surface area contributed by atoms with Crippen molar-refractivity contribution in [3.63, 3.8) is 0 Å². The summed E-state index contributed by atoms with van der Waals surface area (Å²) in [4.78, 5) is 20.4. The molecule has 0 amide bonds. The van der Waals surface area contributed by atoms with Gasteiger partial charge in [0.05, 0.1) is 58.7 Å². The molecule has 0 radical (unpaired) electrons. The second kappa shape index (κ2) is 43.2. The number of carbonyl (C=O) groups is 2. The van der Waals surface area contributed by atoms with Gasteiger partial charge >= 0.3 is 5.97 Å². The zero-order chi connectivity index (χ0) is 31.7. The standard InChI is InChI=1S/C7H16NO.C5H10O3.C5H10O2.C4H10O3S.C4H10O2S.2CH4/c1-7(8(2)3)5-6-9-4;1-7-4-3-5(6)8-2;1-5(6)3-4-7-2;1-7-3-4-8(2,5)6;1-6-3-4-7(2)5;;/h5-6H2,1-4H3;3-4H2,1-2H3;3-4H2,1-2H3;3-4H2,1-2H3;3-4H2,1-2H3;2*1H4/q+1;;;;;;. The molecule has 1 unspecified atom stereocenters. The van der Waals surface area contributed by atoms with Crippen LogP contribution in [0.15, 0.2) is 0 Å². The van der Waals surface area contributed by atoms with Gasteiger partial charge in [-0.3, -0.25) is 13.8 Å². The molecule has 0 aromatic heterocycles. The Balaban J connectivity index is -0.0000000698. The fraction of sp³-hybridized carbons (Fsp3) is 0.889. The highest BCUT2D eigenvalue weighted by molar-refractivity contribution is 7.90. The minimum Gasteiger partial charge on any atom is -0.469 e. The monoisotopic (exact) mass is 642 g/mol. The minimum absolute atomic E-state index is 0. The number of carbonyl (C=O) groups excluding carboxylic acids is 2. The predicted molar refractivity (Wildman–Crippen MR) is 171 cm³/mol. The Morgan fingerprint density at radius 3 is 1.32 bits per heavy atom. The van der Waals surface area contributed by atoms with Crippen LogP contribution in [0.4, 0.5) is 0 Å². The molecule has 0 rings (SSSR count). The van der Waals surface area contributed by atoms with Gasteiger partial charge in [0.15, 0.2) is 5.71 Å². The maximum absolute atomic E-state index is 10.3. The molecule has 0 fully saturated rings. The van der Waals surface area contributed by atoms with Crippen molar-refractivity contribution in [1.29, 1.82) is 0 Å². The summed E-state index contributed by atoms with van der Waals surface area (Å²) in [7, 11) is 9.89. The van der Waals surface area contributed by atoms with Crippen LogP contribution >= 0.6 is 0 Å². The van der Waals surface area contributed by atoms with E-state index in [1.165, 1.54) is 26.2 Å². The van der Waals surface area contributed by atoms with Crippen LogP contribution in [-0.2, 0) is 58.6 Å². The molecule has 14 heteroatoms. The summed E-state index contributed by atoms with van der Waals surface area (Å²) < 4.78 is 60.7. The lowest BCUT2D eigenvalue weighted by atomic mass is 10.3. The Morgan fingerprint density at radius 2 is 1.10 bits per heavy atom. The predicted octanol–water partition coefficient (Wildman–Crippen LogP) is 2.52. The zero-order valence-electron chi connectivity index (χ0n) is 26.3. The first-order chi connectivity index (χ1) is 18.1. The Labute approximate surface area is 254 Å². The lowest BCUT2D eigenvalue weighted by Crippen LogP contribution is -2.11. The Bertz CT molecular complexity index is 692. The summed E-state index contributed by atoms with van der Waals surface area (Å²) in [6.45, 7) is 6.37. The Hall–Kier alpha value is -1.29. The quantitative estimate of drug-likeness (QED) is 0.148. The van der Waals surface area contributed by atoms with E-state index in [9.17, 15) is 22.2 Å². The number of sulfone groups is 1.